The second-order valence-electron chi connectivity index (χ2n) is 6.43. The molecule has 29 heavy (non-hydrogen) atoms. The monoisotopic (exact) mass is 495 g/mol. The molecular weight excluding hydrogens is 477 g/mol. The first-order valence-corrected chi connectivity index (χ1v) is 10.3. The Balaban J connectivity index is 1.59. The third-order valence-electron chi connectivity index (χ3n) is 4.44. The molecule has 5 heteroatoms. The number of hydrogen-bond donors (Lipinski definition) is 0. The van der Waals surface area contributed by atoms with E-state index in [0.29, 0.717) is 17.2 Å². The van der Waals surface area contributed by atoms with Crippen LogP contribution in [0.5, 0.6) is 0 Å². The maximum absolute atomic E-state index is 12.3. The molecule has 1 aliphatic heterocycles. The lowest BCUT2D eigenvalue weighted by Gasteiger charge is -2.12. The fraction of sp³-hybridized carbons (Fsp3) is 0.0833. The van der Waals surface area contributed by atoms with E-state index in [1.807, 2.05) is 78.9 Å². The maximum atomic E-state index is 12.3. The number of carbonyl (C=O) groups is 1. The Morgan fingerprint density at radius 1 is 0.897 bits per heavy atom. The molecule has 0 spiro atoms. The fourth-order valence-corrected chi connectivity index (χ4v) is 3.56. The number of esters is 1. The van der Waals surface area contributed by atoms with Crippen LogP contribution in [0.3, 0.4) is 0 Å². The van der Waals surface area contributed by atoms with Crippen LogP contribution in [0, 0.1) is 0 Å². The van der Waals surface area contributed by atoms with Gasteiger partial charge in [0.2, 0.25) is 5.90 Å². The van der Waals surface area contributed by atoms with E-state index < -0.39 is 0 Å². The molecule has 1 heterocycles. The molecule has 4 nitrogen and oxygen atoms in total. The van der Waals surface area contributed by atoms with E-state index in [1.54, 1.807) is 12.1 Å². The average Bonchev–Trinajstić information content (AvgIpc) is 3.25. The Labute approximate surface area is 183 Å². The van der Waals surface area contributed by atoms with Crippen molar-refractivity contribution in [3.05, 3.63) is 117 Å². The van der Waals surface area contributed by atoms with Gasteiger partial charge in [-0.05, 0) is 52.4 Å². The molecule has 144 valence electrons. The van der Waals surface area contributed by atoms with Crippen molar-refractivity contribution >= 4 is 34.5 Å². The Morgan fingerprint density at radius 2 is 1.48 bits per heavy atom. The Kier molecular flexibility index (Phi) is 6.05. The van der Waals surface area contributed by atoms with Crippen LogP contribution >= 0.6 is 22.6 Å². The summed E-state index contributed by atoms with van der Waals surface area (Å²) in [7, 11) is 0. The standard InChI is InChI=1S/C24H18INO3/c25-20(16-28-24(27)19-14-8-3-9-15-19)22-21(17-10-4-1-5-11-17)26-23(29-22)18-12-6-2-7-13-18/h1-15,21H,16H2/b22-20+. The molecule has 1 atom stereocenters. The molecule has 0 amide bonds. The van der Waals surface area contributed by atoms with Crippen molar-refractivity contribution in [1.29, 1.82) is 0 Å². The van der Waals surface area contributed by atoms with Crippen LogP contribution < -0.4 is 0 Å². The van der Waals surface area contributed by atoms with Crippen molar-refractivity contribution in [3.63, 3.8) is 0 Å². The SMILES string of the molecule is O=C(OC/C(I)=C1\OC(c2ccccc2)=NC1c1ccccc1)c1ccccc1. The predicted molar refractivity (Wildman–Crippen MR) is 121 cm³/mol. The van der Waals surface area contributed by atoms with Crippen LogP contribution in [0.4, 0.5) is 0 Å². The van der Waals surface area contributed by atoms with E-state index in [4.69, 9.17) is 14.5 Å². The molecule has 0 fully saturated rings. The third kappa shape index (κ3) is 4.56. The quantitative estimate of drug-likeness (QED) is 0.337. The highest BCUT2D eigenvalue weighted by molar-refractivity contribution is 14.1. The molecule has 0 N–H and O–H groups in total. The molecule has 3 aromatic carbocycles. The van der Waals surface area contributed by atoms with Gasteiger partial charge >= 0.3 is 5.97 Å². The normalized spacial score (nSPS) is 17.3. The van der Waals surface area contributed by atoms with Crippen molar-refractivity contribution in [2.45, 2.75) is 6.04 Å². The Morgan fingerprint density at radius 3 is 2.14 bits per heavy atom. The average molecular weight is 495 g/mol. The van der Waals surface area contributed by atoms with Gasteiger partial charge in [-0.3, -0.25) is 0 Å². The van der Waals surface area contributed by atoms with Gasteiger partial charge in [-0.1, -0.05) is 66.7 Å². The minimum atomic E-state index is -0.362. The number of halogens is 1. The van der Waals surface area contributed by atoms with Crippen LogP contribution in [-0.2, 0) is 9.47 Å². The lowest BCUT2D eigenvalue weighted by Crippen LogP contribution is -2.09. The second-order valence-corrected chi connectivity index (χ2v) is 7.73. The van der Waals surface area contributed by atoms with Gasteiger partial charge in [-0.15, -0.1) is 0 Å². The molecule has 0 saturated heterocycles. The zero-order valence-corrected chi connectivity index (χ0v) is 17.7. The summed E-state index contributed by atoms with van der Waals surface area (Å²) < 4.78 is 12.4. The minimum Gasteiger partial charge on any atom is -0.457 e. The molecule has 1 unspecified atom stereocenters. The van der Waals surface area contributed by atoms with Crippen molar-refractivity contribution in [1.82, 2.24) is 0 Å². The molecule has 0 aromatic heterocycles. The van der Waals surface area contributed by atoms with Crippen molar-refractivity contribution in [3.8, 4) is 0 Å². The molecule has 0 bridgehead atoms. The van der Waals surface area contributed by atoms with E-state index in [1.165, 1.54) is 0 Å². The topological polar surface area (TPSA) is 47.9 Å². The van der Waals surface area contributed by atoms with Crippen LogP contribution in [0.2, 0.25) is 0 Å². The number of ether oxygens (including phenoxy) is 2. The van der Waals surface area contributed by atoms with Gasteiger partial charge in [-0.2, -0.15) is 0 Å². The summed E-state index contributed by atoms with van der Waals surface area (Å²) in [6.45, 7) is 0.130. The van der Waals surface area contributed by atoms with Crippen LogP contribution in [0.25, 0.3) is 0 Å². The second kappa shape index (κ2) is 9.05. The fourth-order valence-electron chi connectivity index (χ4n) is 3.00. The molecule has 0 radical (unpaired) electrons. The van der Waals surface area contributed by atoms with Crippen molar-refractivity contribution in [2.24, 2.45) is 4.99 Å². The van der Waals surface area contributed by atoms with Crippen LogP contribution in [0.1, 0.15) is 27.5 Å². The molecule has 0 saturated carbocycles. The molecule has 4 rings (SSSR count). The van der Waals surface area contributed by atoms with Crippen LogP contribution in [0.15, 0.2) is 105 Å². The Bertz CT molecular complexity index is 1050. The first kappa shape index (κ1) is 19.4. The van der Waals surface area contributed by atoms with Gasteiger partial charge in [0.1, 0.15) is 18.4 Å². The zero-order valence-electron chi connectivity index (χ0n) is 15.5. The van der Waals surface area contributed by atoms with Crippen molar-refractivity contribution < 1.29 is 14.3 Å². The molecular formula is C24H18INO3. The summed E-state index contributed by atoms with van der Waals surface area (Å²) >= 11 is 2.17. The number of hydrogen-bond acceptors (Lipinski definition) is 4. The number of carbonyl (C=O) groups excluding carboxylic acids is 1. The molecule has 3 aromatic rings. The minimum absolute atomic E-state index is 0.130. The van der Waals surface area contributed by atoms with Gasteiger partial charge < -0.3 is 9.47 Å². The number of benzene rings is 3. The summed E-state index contributed by atoms with van der Waals surface area (Å²) in [5.41, 5.74) is 2.46. The number of aliphatic imine (C=N–C) groups is 1. The summed E-state index contributed by atoms with van der Waals surface area (Å²) in [6.07, 6.45) is 0. The van der Waals surface area contributed by atoms with Gasteiger partial charge in [0.05, 0.1) is 9.14 Å². The first-order chi connectivity index (χ1) is 14.2. The highest BCUT2D eigenvalue weighted by Gasteiger charge is 2.30. The largest absolute Gasteiger partial charge is 0.457 e. The third-order valence-corrected chi connectivity index (χ3v) is 5.29. The summed E-state index contributed by atoms with van der Waals surface area (Å²) in [6, 6.07) is 28.4. The van der Waals surface area contributed by atoms with E-state index in [-0.39, 0.29) is 18.6 Å². The Hall–Kier alpha value is -2.93. The summed E-state index contributed by atoms with van der Waals surface area (Å²) in [5.74, 6) is 0.897. The first-order valence-electron chi connectivity index (χ1n) is 9.19. The molecule has 1 aliphatic rings. The number of nitrogens with zero attached hydrogens (tertiary/aromatic N) is 1. The van der Waals surface area contributed by atoms with Gasteiger partial charge in [-0.25, -0.2) is 9.79 Å². The smallest absolute Gasteiger partial charge is 0.338 e. The summed E-state index contributed by atoms with van der Waals surface area (Å²) in [5, 5.41) is 0. The van der Waals surface area contributed by atoms with E-state index in [0.717, 1.165) is 14.7 Å². The summed E-state index contributed by atoms with van der Waals surface area (Å²) in [4.78, 5) is 17.1. The number of rotatable bonds is 5. The lowest BCUT2D eigenvalue weighted by atomic mass is 10.1. The van der Waals surface area contributed by atoms with Gasteiger partial charge in [0, 0.05) is 5.56 Å². The van der Waals surface area contributed by atoms with E-state index in [2.05, 4.69) is 22.6 Å². The lowest BCUT2D eigenvalue weighted by molar-refractivity contribution is 0.0545. The predicted octanol–water partition coefficient (Wildman–Crippen LogP) is 5.71. The van der Waals surface area contributed by atoms with E-state index in [9.17, 15) is 4.79 Å². The van der Waals surface area contributed by atoms with Crippen LogP contribution in [-0.4, -0.2) is 18.5 Å². The van der Waals surface area contributed by atoms with E-state index >= 15 is 0 Å². The maximum Gasteiger partial charge on any atom is 0.338 e. The highest BCUT2D eigenvalue weighted by Crippen LogP contribution is 2.37. The van der Waals surface area contributed by atoms with Gasteiger partial charge in [0.25, 0.3) is 0 Å². The zero-order chi connectivity index (χ0) is 20.1. The molecule has 0 aliphatic carbocycles. The van der Waals surface area contributed by atoms with Gasteiger partial charge in [0.15, 0.2) is 0 Å². The van der Waals surface area contributed by atoms with Crippen molar-refractivity contribution in [2.75, 3.05) is 6.61 Å². The highest BCUT2D eigenvalue weighted by atomic mass is 127.